The van der Waals surface area contributed by atoms with Gasteiger partial charge in [-0.15, -0.1) is 69.1 Å². The first-order valence-electron chi connectivity index (χ1n) is 16.7. The van der Waals surface area contributed by atoms with E-state index in [1.807, 2.05) is 0 Å². The molecule has 2 radical (unpaired) electrons. The summed E-state index contributed by atoms with van der Waals surface area (Å²) in [5.41, 5.74) is 11.2. The smallest absolute Gasteiger partial charge is 0.0307 e. The van der Waals surface area contributed by atoms with Crippen LogP contribution in [-0.2, 0) is 25.8 Å². The molecule has 0 fully saturated rings. The molecule has 6 aromatic carbocycles. The van der Waals surface area contributed by atoms with Crippen LogP contribution in [0.4, 0.5) is 0 Å². The van der Waals surface area contributed by atoms with E-state index in [2.05, 4.69) is 178 Å². The summed E-state index contributed by atoms with van der Waals surface area (Å²) in [7, 11) is 1.08. The molecule has 0 nitrogen and oxygen atoms in total. The number of rotatable bonds is 6. The van der Waals surface area contributed by atoms with E-state index in [1.165, 1.54) is 66.1 Å². The molecule has 0 aromatic heterocycles. The fourth-order valence-electron chi connectivity index (χ4n) is 6.14. The molecule has 0 saturated carbocycles. The van der Waals surface area contributed by atoms with Crippen LogP contribution in [-0.4, -0.2) is 9.52 Å². The summed E-state index contributed by atoms with van der Waals surface area (Å²) < 4.78 is 0. The Labute approximate surface area is 301 Å². The predicted molar refractivity (Wildman–Crippen MR) is 204 cm³/mol. The van der Waals surface area contributed by atoms with Crippen molar-refractivity contribution in [1.29, 1.82) is 0 Å². The minimum Gasteiger partial charge on any atom is -0.164 e. The molecule has 6 rings (SSSR count). The van der Waals surface area contributed by atoms with Crippen molar-refractivity contribution >= 4 is 31.1 Å². The molecular weight excluding hydrogens is 735 g/mol. The summed E-state index contributed by atoms with van der Waals surface area (Å²) in [5.74, 6) is 2.23. The predicted octanol–water partition coefficient (Wildman–Crippen LogP) is 13.7. The van der Waals surface area contributed by atoms with Crippen molar-refractivity contribution in [2.24, 2.45) is 0 Å². The average molecular weight is 787 g/mol. The van der Waals surface area contributed by atoms with Gasteiger partial charge in [-0.3, -0.25) is 0 Å². The standard InChI is InChI=1S/2C21H23.C2H6Si.Hf/c2*1-14(2)17-12-16-8-7-11-20(21(16)13-17)19-10-6-5-9-18(19)15(3)4;1-3-2;/h2*5-15H,1-4H3;1-2H3;/q2*-1;;. The first-order valence-corrected chi connectivity index (χ1v) is 18.7. The van der Waals surface area contributed by atoms with Crippen molar-refractivity contribution in [3.05, 3.63) is 131 Å². The van der Waals surface area contributed by atoms with Gasteiger partial charge in [-0.25, -0.2) is 0 Å². The molecular formula is C44H52HfSi-2. The zero-order valence-corrected chi connectivity index (χ0v) is 34.3. The molecule has 2 heteroatoms. The van der Waals surface area contributed by atoms with E-state index < -0.39 is 0 Å². The normalized spacial score (nSPS) is 11.1. The number of hydrogen-bond acceptors (Lipinski definition) is 0. The average Bonchev–Trinajstić information content (AvgIpc) is 3.67. The van der Waals surface area contributed by atoms with Gasteiger partial charge in [0.1, 0.15) is 0 Å². The minimum absolute atomic E-state index is 0. The summed E-state index contributed by atoms with van der Waals surface area (Å²) in [5, 5.41) is 5.48. The van der Waals surface area contributed by atoms with Gasteiger partial charge in [-0.05, 0) is 45.9 Å². The van der Waals surface area contributed by atoms with E-state index in [4.69, 9.17) is 0 Å². The second-order valence-electron chi connectivity index (χ2n) is 13.5. The summed E-state index contributed by atoms with van der Waals surface area (Å²) in [4.78, 5) is 0. The molecule has 0 unspecified atom stereocenters. The van der Waals surface area contributed by atoms with Crippen LogP contribution < -0.4 is 0 Å². The number of benzene rings is 4. The van der Waals surface area contributed by atoms with Gasteiger partial charge in [0.15, 0.2) is 0 Å². The molecule has 0 N–H and O–H groups in total. The molecule has 0 aliphatic heterocycles. The fourth-order valence-corrected chi connectivity index (χ4v) is 6.14. The molecule has 0 aliphatic carbocycles. The van der Waals surface area contributed by atoms with Crippen LogP contribution >= 0.6 is 0 Å². The van der Waals surface area contributed by atoms with Crippen LogP contribution in [0.5, 0.6) is 0 Å². The van der Waals surface area contributed by atoms with Gasteiger partial charge < -0.3 is 0 Å². The Bertz CT molecular complexity index is 1680. The van der Waals surface area contributed by atoms with Crippen LogP contribution in [0.15, 0.2) is 109 Å². The first kappa shape index (κ1) is 37.6. The summed E-state index contributed by atoms with van der Waals surface area (Å²) >= 11 is 0. The van der Waals surface area contributed by atoms with Crippen molar-refractivity contribution in [3.63, 3.8) is 0 Å². The fraction of sp³-hybridized carbons (Fsp3) is 0.318. The van der Waals surface area contributed by atoms with Gasteiger partial charge in [0.2, 0.25) is 0 Å². The minimum atomic E-state index is 0. The van der Waals surface area contributed by atoms with Crippen LogP contribution in [0.2, 0.25) is 13.1 Å². The van der Waals surface area contributed by atoms with E-state index >= 15 is 0 Å². The zero-order chi connectivity index (χ0) is 32.7. The van der Waals surface area contributed by atoms with E-state index in [-0.39, 0.29) is 25.8 Å². The van der Waals surface area contributed by atoms with Gasteiger partial charge >= 0.3 is 0 Å². The Morgan fingerprint density at radius 2 is 0.761 bits per heavy atom. The molecule has 0 aliphatic rings. The Morgan fingerprint density at radius 1 is 0.435 bits per heavy atom. The Balaban J connectivity index is 0.000000226. The van der Waals surface area contributed by atoms with Crippen LogP contribution in [0, 0.1) is 0 Å². The maximum Gasteiger partial charge on any atom is 0.0307 e. The van der Waals surface area contributed by atoms with Crippen molar-refractivity contribution in [3.8, 4) is 22.3 Å². The summed E-state index contributed by atoms with van der Waals surface area (Å²) in [6.45, 7) is 22.4. The molecule has 6 aromatic rings. The molecule has 0 amide bonds. The second-order valence-corrected chi connectivity index (χ2v) is 14.5. The Morgan fingerprint density at radius 3 is 1.09 bits per heavy atom. The van der Waals surface area contributed by atoms with E-state index in [0.717, 1.165) is 9.52 Å². The largest absolute Gasteiger partial charge is 0.164 e. The third-order valence-electron chi connectivity index (χ3n) is 8.63. The Hall–Kier alpha value is -2.81. The monoisotopic (exact) mass is 788 g/mol. The van der Waals surface area contributed by atoms with Crippen LogP contribution in [0.25, 0.3) is 43.8 Å². The number of hydrogen-bond donors (Lipinski definition) is 0. The van der Waals surface area contributed by atoms with Gasteiger partial charge in [0, 0.05) is 35.4 Å². The van der Waals surface area contributed by atoms with Crippen molar-refractivity contribution in [2.75, 3.05) is 0 Å². The third-order valence-corrected chi connectivity index (χ3v) is 8.63. The van der Waals surface area contributed by atoms with Crippen molar-refractivity contribution < 1.29 is 25.8 Å². The molecule has 238 valence electrons. The first-order chi connectivity index (χ1) is 21.6. The topological polar surface area (TPSA) is 0 Å². The van der Waals surface area contributed by atoms with Crippen LogP contribution in [0.1, 0.15) is 101 Å². The zero-order valence-electron chi connectivity index (χ0n) is 29.7. The van der Waals surface area contributed by atoms with Crippen molar-refractivity contribution in [2.45, 2.75) is 92.2 Å². The van der Waals surface area contributed by atoms with Gasteiger partial charge in [0.05, 0.1) is 0 Å². The maximum atomic E-state index is 2.37. The van der Waals surface area contributed by atoms with E-state index in [9.17, 15) is 0 Å². The summed E-state index contributed by atoms with van der Waals surface area (Å²) in [6, 6.07) is 40.3. The van der Waals surface area contributed by atoms with Crippen LogP contribution in [0.3, 0.4) is 0 Å². The molecule has 0 atom stereocenters. The SMILES string of the molecule is CC(C)c1cc2c(-c3ccccc3C(C)C)cccc2[cH-]1.CC(C)c1cc2c(-c3ccccc3C(C)C)cccc2[cH-]1.C[Si]C.[Hf]. The van der Waals surface area contributed by atoms with E-state index in [1.54, 1.807) is 0 Å². The summed E-state index contributed by atoms with van der Waals surface area (Å²) in [6.07, 6.45) is 0. The van der Waals surface area contributed by atoms with Gasteiger partial charge in [-0.1, -0.05) is 140 Å². The Kier molecular flexibility index (Phi) is 14.2. The molecule has 0 saturated heterocycles. The third kappa shape index (κ3) is 8.75. The second kappa shape index (κ2) is 17.4. The molecule has 0 bridgehead atoms. The van der Waals surface area contributed by atoms with E-state index in [0.29, 0.717) is 23.7 Å². The molecule has 46 heavy (non-hydrogen) atoms. The number of fused-ring (bicyclic) bond motifs is 2. The van der Waals surface area contributed by atoms with Gasteiger partial charge in [0.25, 0.3) is 0 Å². The quantitative estimate of drug-likeness (QED) is 0.117. The van der Waals surface area contributed by atoms with Crippen molar-refractivity contribution in [1.82, 2.24) is 0 Å². The maximum absolute atomic E-state index is 2.37. The molecule has 0 spiro atoms. The van der Waals surface area contributed by atoms with Gasteiger partial charge in [-0.2, -0.15) is 12.1 Å². The molecule has 0 heterocycles.